The molecule has 2 rings (SSSR count). The minimum absolute atomic E-state index is 0.187. The summed E-state index contributed by atoms with van der Waals surface area (Å²) in [6.07, 6.45) is 1.07. The van der Waals surface area contributed by atoms with Gasteiger partial charge in [-0.25, -0.2) is 4.39 Å². The fourth-order valence-electron chi connectivity index (χ4n) is 2.39. The lowest BCUT2D eigenvalue weighted by Gasteiger charge is -2.14. The van der Waals surface area contributed by atoms with Crippen LogP contribution in [0.15, 0.2) is 42.5 Å². The van der Waals surface area contributed by atoms with Crippen molar-refractivity contribution < 1.29 is 4.39 Å². The van der Waals surface area contributed by atoms with Gasteiger partial charge in [0.2, 0.25) is 0 Å². The Morgan fingerprint density at radius 2 is 1.60 bits per heavy atom. The van der Waals surface area contributed by atoms with Crippen LogP contribution >= 0.6 is 0 Å². The van der Waals surface area contributed by atoms with E-state index in [2.05, 4.69) is 38.1 Å². The first-order chi connectivity index (χ1) is 9.47. The van der Waals surface area contributed by atoms with E-state index in [0.717, 1.165) is 17.5 Å². The van der Waals surface area contributed by atoms with Crippen LogP contribution in [0.1, 0.15) is 42.1 Å². The van der Waals surface area contributed by atoms with Crippen molar-refractivity contribution in [3.8, 4) is 0 Å². The van der Waals surface area contributed by atoms with Gasteiger partial charge in [-0.05, 0) is 47.6 Å². The van der Waals surface area contributed by atoms with E-state index in [0.29, 0.717) is 11.5 Å². The van der Waals surface area contributed by atoms with Crippen LogP contribution in [0.2, 0.25) is 0 Å². The first-order valence-electron chi connectivity index (χ1n) is 7.08. The van der Waals surface area contributed by atoms with Gasteiger partial charge in [0.1, 0.15) is 5.82 Å². The van der Waals surface area contributed by atoms with Crippen LogP contribution in [0.25, 0.3) is 0 Å². The van der Waals surface area contributed by atoms with Crippen molar-refractivity contribution in [1.29, 1.82) is 0 Å². The highest BCUT2D eigenvalue weighted by Crippen LogP contribution is 2.22. The molecule has 0 saturated carbocycles. The summed E-state index contributed by atoms with van der Waals surface area (Å²) in [7, 11) is 0. The zero-order valence-corrected chi connectivity index (χ0v) is 12.4. The average molecular weight is 271 g/mol. The fourth-order valence-corrected chi connectivity index (χ4v) is 2.39. The second kappa shape index (κ2) is 6.19. The van der Waals surface area contributed by atoms with Gasteiger partial charge in [0, 0.05) is 0 Å². The van der Waals surface area contributed by atoms with Crippen LogP contribution in [0.4, 0.5) is 4.39 Å². The lowest BCUT2D eigenvalue weighted by atomic mass is 9.95. The van der Waals surface area contributed by atoms with E-state index in [1.807, 2.05) is 6.07 Å². The molecule has 0 amide bonds. The number of hydrogen-bond donors (Lipinski definition) is 1. The zero-order chi connectivity index (χ0) is 14.7. The smallest absolute Gasteiger partial charge is 0.126 e. The highest BCUT2D eigenvalue weighted by atomic mass is 19.1. The molecule has 0 aliphatic rings. The highest BCUT2D eigenvalue weighted by molar-refractivity contribution is 5.35. The van der Waals surface area contributed by atoms with Crippen molar-refractivity contribution in [2.24, 2.45) is 11.7 Å². The minimum Gasteiger partial charge on any atom is -0.320 e. The average Bonchev–Trinajstić information content (AvgIpc) is 2.41. The van der Waals surface area contributed by atoms with Crippen molar-refractivity contribution in [3.05, 3.63) is 70.5 Å². The number of rotatable bonds is 4. The molecule has 1 atom stereocenters. The third-order valence-electron chi connectivity index (χ3n) is 3.52. The van der Waals surface area contributed by atoms with E-state index in [4.69, 9.17) is 5.73 Å². The van der Waals surface area contributed by atoms with E-state index < -0.39 is 0 Å². The molecule has 0 fully saturated rings. The predicted octanol–water partition coefficient (Wildman–Crippen LogP) is 4.38. The Morgan fingerprint density at radius 1 is 1.00 bits per heavy atom. The van der Waals surface area contributed by atoms with E-state index in [9.17, 15) is 4.39 Å². The molecule has 0 bridgehead atoms. The molecule has 2 N–H and O–H groups in total. The minimum atomic E-state index is -0.206. The molecule has 1 unspecified atom stereocenters. The molecule has 0 spiro atoms. The Bertz CT molecular complexity index is 572. The Hall–Kier alpha value is -1.67. The molecule has 0 saturated heterocycles. The fraction of sp³-hybridized carbons (Fsp3) is 0.333. The third kappa shape index (κ3) is 3.45. The maximum Gasteiger partial charge on any atom is 0.126 e. The van der Waals surface area contributed by atoms with Gasteiger partial charge in [-0.3, -0.25) is 0 Å². The van der Waals surface area contributed by atoms with Crippen molar-refractivity contribution in [2.45, 2.75) is 33.2 Å². The largest absolute Gasteiger partial charge is 0.320 e. The number of halogens is 1. The lowest BCUT2D eigenvalue weighted by molar-refractivity contribution is 0.617. The van der Waals surface area contributed by atoms with Crippen molar-refractivity contribution in [2.75, 3.05) is 0 Å². The highest BCUT2D eigenvalue weighted by Gasteiger charge is 2.10. The normalized spacial score (nSPS) is 12.7. The van der Waals surface area contributed by atoms with Gasteiger partial charge in [-0.1, -0.05) is 50.2 Å². The van der Waals surface area contributed by atoms with E-state index in [1.165, 1.54) is 11.6 Å². The van der Waals surface area contributed by atoms with Crippen LogP contribution in [0.3, 0.4) is 0 Å². The van der Waals surface area contributed by atoms with E-state index >= 15 is 0 Å². The molecule has 0 aromatic heterocycles. The topological polar surface area (TPSA) is 26.0 Å². The second-order valence-corrected chi connectivity index (χ2v) is 5.83. The van der Waals surface area contributed by atoms with Gasteiger partial charge in [0.15, 0.2) is 0 Å². The van der Waals surface area contributed by atoms with Crippen molar-refractivity contribution in [3.63, 3.8) is 0 Å². The molecule has 20 heavy (non-hydrogen) atoms. The van der Waals surface area contributed by atoms with Crippen LogP contribution in [-0.2, 0) is 6.42 Å². The van der Waals surface area contributed by atoms with Gasteiger partial charge >= 0.3 is 0 Å². The van der Waals surface area contributed by atoms with E-state index in [-0.39, 0.29) is 11.9 Å². The Balaban J connectivity index is 2.20. The number of nitrogens with two attached hydrogens (primary N) is 1. The predicted molar refractivity (Wildman–Crippen MR) is 82.2 cm³/mol. The summed E-state index contributed by atoms with van der Waals surface area (Å²) in [5.74, 6) is 0.461. The number of benzene rings is 2. The molecular weight excluding hydrogens is 249 g/mol. The summed E-state index contributed by atoms with van der Waals surface area (Å²) in [4.78, 5) is 0. The molecular formula is C18H22FN. The Labute approximate surface area is 120 Å². The number of hydrogen-bond acceptors (Lipinski definition) is 1. The molecule has 1 nitrogen and oxygen atoms in total. The molecule has 2 heteroatoms. The molecule has 2 aromatic rings. The van der Waals surface area contributed by atoms with Crippen LogP contribution in [-0.4, -0.2) is 0 Å². The summed E-state index contributed by atoms with van der Waals surface area (Å²) in [5, 5.41) is 0. The molecule has 2 aromatic carbocycles. The SMILES string of the molecule is Cc1cc(C(N)c2ccc(CC(C)C)cc2)ccc1F. The molecule has 0 heterocycles. The molecule has 0 radical (unpaired) electrons. The quantitative estimate of drug-likeness (QED) is 0.877. The Kier molecular flexibility index (Phi) is 4.56. The monoisotopic (exact) mass is 271 g/mol. The summed E-state index contributed by atoms with van der Waals surface area (Å²) in [6.45, 7) is 6.18. The van der Waals surface area contributed by atoms with Crippen molar-refractivity contribution in [1.82, 2.24) is 0 Å². The molecule has 0 aliphatic heterocycles. The summed E-state index contributed by atoms with van der Waals surface area (Å²) < 4.78 is 13.3. The summed E-state index contributed by atoms with van der Waals surface area (Å²) >= 11 is 0. The third-order valence-corrected chi connectivity index (χ3v) is 3.52. The Morgan fingerprint density at radius 3 is 2.15 bits per heavy atom. The first kappa shape index (κ1) is 14.7. The molecule has 106 valence electrons. The van der Waals surface area contributed by atoms with Gasteiger partial charge < -0.3 is 5.73 Å². The first-order valence-corrected chi connectivity index (χ1v) is 7.08. The summed E-state index contributed by atoms with van der Waals surface area (Å²) in [5.41, 5.74) is 10.2. The van der Waals surface area contributed by atoms with Gasteiger partial charge in [-0.15, -0.1) is 0 Å². The number of aryl methyl sites for hydroxylation is 1. The maximum atomic E-state index is 13.3. The van der Waals surface area contributed by atoms with Gasteiger partial charge in [-0.2, -0.15) is 0 Å². The van der Waals surface area contributed by atoms with Gasteiger partial charge in [0.05, 0.1) is 6.04 Å². The second-order valence-electron chi connectivity index (χ2n) is 5.83. The van der Waals surface area contributed by atoms with Gasteiger partial charge in [0.25, 0.3) is 0 Å². The maximum absolute atomic E-state index is 13.3. The lowest BCUT2D eigenvalue weighted by Crippen LogP contribution is -2.12. The van der Waals surface area contributed by atoms with Crippen LogP contribution in [0.5, 0.6) is 0 Å². The molecule has 0 aliphatic carbocycles. The van der Waals surface area contributed by atoms with Crippen LogP contribution < -0.4 is 5.73 Å². The zero-order valence-electron chi connectivity index (χ0n) is 12.4. The van der Waals surface area contributed by atoms with Crippen LogP contribution in [0, 0.1) is 18.7 Å². The van der Waals surface area contributed by atoms with Crippen molar-refractivity contribution >= 4 is 0 Å². The van der Waals surface area contributed by atoms with E-state index in [1.54, 1.807) is 13.0 Å². The standard InChI is InChI=1S/C18H22FN/c1-12(2)10-14-4-6-15(7-5-14)18(20)16-8-9-17(19)13(3)11-16/h4-9,11-12,18H,10,20H2,1-3H3. The summed E-state index contributed by atoms with van der Waals surface area (Å²) in [6, 6.07) is 13.3.